The van der Waals surface area contributed by atoms with Gasteiger partial charge in [0.2, 0.25) is 5.43 Å². The van der Waals surface area contributed by atoms with Crippen LogP contribution in [0.25, 0.3) is 10.9 Å². The molecule has 12 heteroatoms. The molecule has 196 valence electrons. The van der Waals surface area contributed by atoms with Gasteiger partial charge in [-0.2, -0.15) is 13.2 Å². The van der Waals surface area contributed by atoms with Crippen LogP contribution in [0.15, 0.2) is 17.1 Å². The average Bonchev–Trinajstić information content (AvgIpc) is 3.60. The van der Waals surface area contributed by atoms with E-state index in [1.165, 1.54) is 18.2 Å². The normalized spacial score (nSPS) is 19.5. The zero-order valence-corrected chi connectivity index (χ0v) is 20.0. The van der Waals surface area contributed by atoms with E-state index in [9.17, 15) is 32.7 Å². The summed E-state index contributed by atoms with van der Waals surface area (Å²) < 4.78 is 61.9. The Hall–Kier alpha value is -3.31. The summed E-state index contributed by atoms with van der Waals surface area (Å²) in [6, 6.07) is -0.0511. The molecular formula is C24H27F4N3O5. The van der Waals surface area contributed by atoms with Crippen molar-refractivity contribution < 1.29 is 37.0 Å². The fourth-order valence-electron chi connectivity index (χ4n) is 5.27. The lowest BCUT2D eigenvalue weighted by Gasteiger charge is -2.33. The molecule has 2 fully saturated rings. The first-order valence-electron chi connectivity index (χ1n) is 11.7. The van der Waals surface area contributed by atoms with Crippen LogP contribution >= 0.6 is 0 Å². The number of carboxylic acid groups (broad SMARTS) is 1. The first-order chi connectivity index (χ1) is 16.9. The van der Waals surface area contributed by atoms with Gasteiger partial charge in [-0.1, -0.05) is 13.8 Å². The van der Waals surface area contributed by atoms with E-state index in [2.05, 4.69) is 5.32 Å². The van der Waals surface area contributed by atoms with Crippen LogP contribution in [-0.4, -0.2) is 54.0 Å². The van der Waals surface area contributed by atoms with Gasteiger partial charge in [0.25, 0.3) is 0 Å². The highest BCUT2D eigenvalue weighted by molar-refractivity contribution is 5.97. The van der Waals surface area contributed by atoms with Gasteiger partial charge in [-0.15, -0.1) is 0 Å². The second-order valence-electron chi connectivity index (χ2n) is 9.43. The molecule has 4 rings (SSSR count). The topological polar surface area (TPSA) is 101 Å². The Morgan fingerprint density at radius 1 is 1.25 bits per heavy atom. The van der Waals surface area contributed by atoms with E-state index in [1.807, 2.05) is 0 Å². The predicted molar refractivity (Wildman–Crippen MR) is 123 cm³/mol. The first-order valence-corrected chi connectivity index (χ1v) is 11.7. The molecule has 1 aromatic carbocycles. The Kier molecular flexibility index (Phi) is 6.42. The highest BCUT2D eigenvalue weighted by Crippen LogP contribution is 2.47. The fourth-order valence-corrected chi connectivity index (χ4v) is 5.27. The third-order valence-corrected chi connectivity index (χ3v) is 7.51. The SMILES string of the molecule is CCC1(CC)CN(c2c(F)cc3c(=O)c(C(=O)O)cn(C4CC4)c3c2OC)CC1NC(=O)C(F)(F)F. The standard InChI is InChI=1S/C24H27F4N3O5/c1-4-23(5-2)11-30(10-16(23)29-22(35)24(26,27)28)18-15(25)8-13-17(20(18)36-3)31(12-6-7-12)9-14(19(13)32)21(33)34/h8-9,12,16H,4-7,10-11H2,1-3H3,(H,29,35)(H,33,34). The van der Waals surface area contributed by atoms with Crippen molar-refractivity contribution in [3.8, 4) is 5.75 Å². The number of hydrogen-bond donors (Lipinski definition) is 2. The summed E-state index contributed by atoms with van der Waals surface area (Å²) in [5.41, 5.74) is -1.93. The van der Waals surface area contributed by atoms with Gasteiger partial charge in [0.15, 0.2) is 11.6 Å². The van der Waals surface area contributed by atoms with Crippen LogP contribution in [0.2, 0.25) is 0 Å². The molecule has 2 heterocycles. The van der Waals surface area contributed by atoms with Gasteiger partial charge in [-0.05, 0) is 31.7 Å². The summed E-state index contributed by atoms with van der Waals surface area (Å²) in [4.78, 5) is 37.8. The Morgan fingerprint density at radius 2 is 1.89 bits per heavy atom. The zero-order valence-electron chi connectivity index (χ0n) is 20.0. The zero-order chi connectivity index (χ0) is 26.6. The molecule has 2 N–H and O–H groups in total. The second-order valence-corrected chi connectivity index (χ2v) is 9.43. The number of carboxylic acids is 1. The number of aromatic nitrogens is 1. The van der Waals surface area contributed by atoms with Gasteiger partial charge >= 0.3 is 18.1 Å². The number of hydrogen-bond acceptors (Lipinski definition) is 5. The lowest BCUT2D eigenvalue weighted by molar-refractivity contribution is -0.175. The third kappa shape index (κ3) is 4.16. The summed E-state index contributed by atoms with van der Waals surface area (Å²) in [7, 11) is 1.29. The van der Waals surface area contributed by atoms with Crippen molar-refractivity contribution in [2.24, 2.45) is 5.41 Å². The number of nitrogens with one attached hydrogen (secondary N) is 1. The van der Waals surface area contributed by atoms with Crippen molar-refractivity contribution in [1.29, 1.82) is 0 Å². The number of nitrogens with zero attached hydrogens (tertiary/aromatic N) is 2. The quantitative estimate of drug-likeness (QED) is 0.546. The molecule has 1 saturated heterocycles. The number of alkyl halides is 3. The average molecular weight is 513 g/mol. The van der Waals surface area contributed by atoms with E-state index < -0.39 is 46.3 Å². The van der Waals surface area contributed by atoms with Crippen molar-refractivity contribution in [1.82, 2.24) is 9.88 Å². The number of methoxy groups -OCH3 is 1. The molecule has 2 aromatic rings. The molecule has 0 spiro atoms. The van der Waals surface area contributed by atoms with Gasteiger partial charge < -0.3 is 24.6 Å². The molecule has 36 heavy (non-hydrogen) atoms. The molecule has 0 bridgehead atoms. The number of fused-ring (bicyclic) bond motifs is 1. The molecule has 1 aliphatic carbocycles. The molecule has 2 aliphatic rings. The Morgan fingerprint density at radius 3 is 2.39 bits per heavy atom. The first kappa shape index (κ1) is 25.8. The van der Waals surface area contributed by atoms with Gasteiger partial charge in [0.1, 0.15) is 11.3 Å². The minimum Gasteiger partial charge on any atom is -0.492 e. The lowest BCUT2D eigenvalue weighted by Crippen LogP contribution is -2.50. The van der Waals surface area contributed by atoms with Crippen molar-refractivity contribution in [2.45, 2.75) is 57.8 Å². The van der Waals surface area contributed by atoms with Crippen molar-refractivity contribution in [2.75, 3.05) is 25.1 Å². The van der Waals surface area contributed by atoms with Crippen LogP contribution in [0.1, 0.15) is 55.9 Å². The predicted octanol–water partition coefficient (Wildman–Crippen LogP) is 3.86. The number of pyridine rings is 1. The molecular weight excluding hydrogens is 486 g/mol. The van der Waals surface area contributed by atoms with Crippen LogP contribution in [0, 0.1) is 11.2 Å². The van der Waals surface area contributed by atoms with Crippen molar-refractivity contribution in [3.63, 3.8) is 0 Å². The van der Waals surface area contributed by atoms with E-state index in [-0.39, 0.29) is 41.5 Å². The summed E-state index contributed by atoms with van der Waals surface area (Å²) in [5.74, 6) is -4.37. The van der Waals surface area contributed by atoms with Crippen LogP contribution in [0.4, 0.5) is 23.2 Å². The summed E-state index contributed by atoms with van der Waals surface area (Å²) in [6.45, 7) is 3.63. The van der Waals surface area contributed by atoms with Crippen molar-refractivity contribution >= 4 is 28.5 Å². The molecule has 1 saturated carbocycles. The van der Waals surface area contributed by atoms with Gasteiger partial charge in [0.05, 0.1) is 24.1 Å². The monoisotopic (exact) mass is 513 g/mol. The number of anilines is 1. The summed E-state index contributed by atoms with van der Waals surface area (Å²) >= 11 is 0. The third-order valence-electron chi connectivity index (χ3n) is 7.51. The summed E-state index contributed by atoms with van der Waals surface area (Å²) in [5, 5.41) is 11.4. The number of benzene rings is 1. The molecule has 0 radical (unpaired) electrons. The van der Waals surface area contributed by atoms with Gasteiger partial charge in [-0.3, -0.25) is 9.59 Å². The van der Waals surface area contributed by atoms with Crippen LogP contribution in [0.5, 0.6) is 5.75 Å². The minimum absolute atomic E-state index is 0.00478. The highest BCUT2D eigenvalue weighted by Gasteiger charge is 2.49. The largest absolute Gasteiger partial charge is 0.492 e. The maximum Gasteiger partial charge on any atom is 0.471 e. The molecule has 1 amide bonds. The number of rotatable bonds is 7. The van der Waals surface area contributed by atoms with Crippen molar-refractivity contribution in [3.05, 3.63) is 33.9 Å². The van der Waals surface area contributed by atoms with E-state index in [0.29, 0.717) is 12.8 Å². The highest BCUT2D eigenvalue weighted by atomic mass is 19.4. The van der Waals surface area contributed by atoms with Gasteiger partial charge in [-0.25, -0.2) is 9.18 Å². The number of carbonyl (C=O) groups excluding carboxylic acids is 1. The molecule has 8 nitrogen and oxygen atoms in total. The maximum atomic E-state index is 15.6. The maximum absolute atomic E-state index is 15.6. The van der Waals surface area contributed by atoms with E-state index in [4.69, 9.17) is 4.74 Å². The Bertz CT molecular complexity index is 1280. The van der Waals surface area contributed by atoms with E-state index in [0.717, 1.165) is 18.9 Å². The number of halogens is 4. The number of ether oxygens (including phenoxy) is 1. The molecule has 1 unspecified atom stereocenters. The minimum atomic E-state index is -5.06. The fraction of sp³-hybridized carbons (Fsp3) is 0.542. The number of aromatic carboxylic acids is 1. The molecule has 1 aliphatic heterocycles. The lowest BCUT2D eigenvalue weighted by atomic mass is 9.78. The summed E-state index contributed by atoms with van der Waals surface area (Å²) in [6.07, 6.45) is -1.51. The molecule has 1 atom stereocenters. The van der Waals surface area contributed by atoms with Gasteiger partial charge in [0, 0.05) is 30.7 Å². The second kappa shape index (κ2) is 8.97. The smallest absolute Gasteiger partial charge is 0.471 e. The van der Waals surface area contributed by atoms with E-state index in [1.54, 1.807) is 18.4 Å². The van der Waals surface area contributed by atoms with Crippen LogP contribution in [0.3, 0.4) is 0 Å². The van der Waals surface area contributed by atoms with Crippen LogP contribution < -0.4 is 20.4 Å². The Balaban J connectivity index is 1.89. The Labute approximate surface area is 203 Å². The number of carbonyl (C=O) groups is 2. The number of amides is 1. The van der Waals surface area contributed by atoms with E-state index >= 15 is 4.39 Å². The van der Waals surface area contributed by atoms with Crippen LogP contribution in [-0.2, 0) is 4.79 Å². The molecule has 1 aromatic heterocycles.